The summed E-state index contributed by atoms with van der Waals surface area (Å²) in [5, 5.41) is 0. The zero-order valence-corrected chi connectivity index (χ0v) is 20.9. The molecule has 0 atom stereocenters. The van der Waals surface area contributed by atoms with Crippen LogP contribution < -0.4 is 0 Å². The van der Waals surface area contributed by atoms with E-state index >= 15 is 0 Å². The van der Waals surface area contributed by atoms with Crippen LogP contribution in [0.15, 0.2) is 24.3 Å². The maximum absolute atomic E-state index is 3.09. The van der Waals surface area contributed by atoms with Crippen molar-refractivity contribution in [1.82, 2.24) is 4.90 Å². The van der Waals surface area contributed by atoms with Crippen molar-refractivity contribution >= 4 is 0 Å². The maximum atomic E-state index is 3.09. The molecule has 0 N–H and O–H groups in total. The van der Waals surface area contributed by atoms with Crippen LogP contribution in [0.4, 0.5) is 0 Å². The molecule has 0 spiro atoms. The number of unbranched alkanes of at least 4 members (excludes halogenated alkanes) is 3. The van der Waals surface area contributed by atoms with Crippen LogP contribution in [0, 0.1) is 11.5 Å². The van der Waals surface area contributed by atoms with Crippen molar-refractivity contribution in [2.75, 3.05) is 6.54 Å². The number of hydrogen-bond acceptors (Lipinski definition) is 1. The topological polar surface area (TPSA) is 3.24 Å². The van der Waals surface area contributed by atoms with Crippen molar-refractivity contribution in [2.24, 2.45) is 5.41 Å². The van der Waals surface area contributed by atoms with E-state index in [1.54, 1.807) is 0 Å². The Bertz CT molecular complexity index is 465. The molecule has 1 rings (SSSR count). The molecule has 0 fully saturated rings. The Kier molecular flexibility index (Phi) is 10.7. The fourth-order valence-corrected chi connectivity index (χ4v) is 3.40. The molecule has 1 aromatic carbocycles. The molecule has 1 aromatic rings. The van der Waals surface area contributed by atoms with E-state index in [0.29, 0.717) is 0 Å². The van der Waals surface area contributed by atoms with Crippen LogP contribution in [0.5, 0.6) is 0 Å². The van der Waals surface area contributed by atoms with Crippen LogP contribution >= 0.6 is 0 Å². The largest absolute Gasteiger partial charge is 0.293 e. The molecule has 0 aliphatic carbocycles. The standard InChI is InChI=1S/C23H40N.Y/c1-21(2,3)23(7,8)24(22(4,5)6)19-15-10-9-12-16-20-17-13-11-14-18-20;/h13-14,17-18H,9-10,12,15-16,19H2,1-8H3;/q-1;. The van der Waals surface area contributed by atoms with Crippen LogP contribution in [0.1, 0.15) is 86.6 Å². The molecule has 0 bridgehead atoms. The van der Waals surface area contributed by atoms with Gasteiger partial charge in [-0.25, -0.2) is 0 Å². The van der Waals surface area contributed by atoms with Gasteiger partial charge >= 0.3 is 0 Å². The molecule has 0 heterocycles. The third kappa shape index (κ3) is 8.23. The Hall–Kier alpha value is 0.284. The summed E-state index contributed by atoms with van der Waals surface area (Å²) in [6.45, 7) is 20.2. The third-order valence-electron chi connectivity index (χ3n) is 5.70. The van der Waals surface area contributed by atoms with Gasteiger partial charge < -0.3 is 0 Å². The number of hydrogen-bond donors (Lipinski definition) is 0. The zero-order chi connectivity index (χ0) is 18.4. The molecular formula is C23H40NY-. The Morgan fingerprint density at radius 3 is 1.80 bits per heavy atom. The number of rotatable bonds is 8. The van der Waals surface area contributed by atoms with Crippen molar-refractivity contribution < 1.29 is 32.7 Å². The van der Waals surface area contributed by atoms with Gasteiger partial charge in [0.15, 0.2) is 0 Å². The normalized spacial score (nSPS) is 13.0. The molecule has 1 nitrogen and oxygen atoms in total. The molecule has 0 aliphatic heterocycles. The second-order valence-corrected chi connectivity index (χ2v) is 9.70. The molecule has 0 saturated carbocycles. The average molecular weight is 419 g/mol. The predicted molar refractivity (Wildman–Crippen MR) is 107 cm³/mol. The third-order valence-corrected chi connectivity index (χ3v) is 5.70. The van der Waals surface area contributed by atoms with E-state index in [4.69, 9.17) is 0 Å². The van der Waals surface area contributed by atoms with Crippen molar-refractivity contribution in [3.8, 4) is 0 Å². The van der Waals surface area contributed by atoms with Gasteiger partial charge in [0.1, 0.15) is 0 Å². The van der Waals surface area contributed by atoms with E-state index in [1.165, 1.54) is 44.2 Å². The fraction of sp³-hybridized carbons (Fsp3) is 0.739. The monoisotopic (exact) mass is 419 g/mol. The number of aryl methyl sites for hydroxylation is 1. The SMILES string of the molecule is CC(C)(C)N(CCCCCCc1cc[c-]cc1)C(C)(C)C(C)(C)C.[Y]. The van der Waals surface area contributed by atoms with E-state index in [0.717, 1.165) is 0 Å². The maximum Gasteiger partial charge on any atom is 0.0206 e. The van der Waals surface area contributed by atoms with Crippen molar-refractivity contribution in [3.05, 3.63) is 35.9 Å². The fourth-order valence-electron chi connectivity index (χ4n) is 3.40. The summed E-state index contributed by atoms with van der Waals surface area (Å²) in [5.74, 6) is 0. The second kappa shape index (κ2) is 10.6. The Morgan fingerprint density at radius 2 is 1.32 bits per heavy atom. The van der Waals surface area contributed by atoms with Crippen molar-refractivity contribution in [3.63, 3.8) is 0 Å². The van der Waals surface area contributed by atoms with E-state index in [9.17, 15) is 0 Å². The van der Waals surface area contributed by atoms with Gasteiger partial charge in [0.05, 0.1) is 0 Å². The molecule has 141 valence electrons. The van der Waals surface area contributed by atoms with E-state index in [1.807, 2.05) is 12.1 Å². The Balaban J connectivity index is 0.00000576. The molecular weight excluding hydrogens is 379 g/mol. The van der Waals surface area contributed by atoms with Crippen LogP contribution in [0.2, 0.25) is 0 Å². The van der Waals surface area contributed by atoms with Gasteiger partial charge in [-0.05, 0) is 53.0 Å². The summed E-state index contributed by atoms with van der Waals surface area (Å²) < 4.78 is 0. The minimum atomic E-state index is 0. The van der Waals surface area contributed by atoms with Crippen molar-refractivity contribution in [1.29, 1.82) is 0 Å². The van der Waals surface area contributed by atoms with Gasteiger partial charge in [-0.2, -0.15) is 35.9 Å². The van der Waals surface area contributed by atoms with Gasteiger partial charge in [0, 0.05) is 43.8 Å². The predicted octanol–water partition coefficient (Wildman–Crippen LogP) is 6.51. The quantitative estimate of drug-likeness (QED) is 0.343. The minimum Gasteiger partial charge on any atom is -0.293 e. The number of nitrogens with zero attached hydrogens (tertiary/aromatic N) is 1. The summed E-state index contributed by atoms with van der Waals surface area (Å²) in [5.41, 5.74) is 2.10. The molecule has 25 heavy (non-hydrogen) atoms. The van der Waals surface area contributed by atoms with Crippen LogP contribution in [0.25, 0.3) is 0 Å². The molecule has 1 radical (unpaired) electrons. The van der Waals surface area contributed by atoms with Gasteiger partial charge in [0.25, 0.3) is 0 Å². The first-order valence-electron chi connectivity index (χ1n) is 9.69. The first kappa shape index (κ1) is 25.3. The molecule has 0 aromatic heterocycles. The van der Waals surface area contributed by atoms with E-state index in [-0.39, 0.29) is 49.2 Å². The first-order chi connectivity index (χ1) is 11.0. The average Bonchev–Trinajstić information content (AvgIpc) is 2.44. The number of benzene rings is 1. The smallest absolute Gasteiger partial charge is 0.0206 e. The molecule has 0 aliphatic rings. The van der Waals surface area contributed by atoms with Crippen LogP contribution in [-0.4, -0.2) is 22.5 Å². The van der Waals surface area contributed by atoms with Gasteiger partial charge in [0.2, 0.25) is 0 Å². The van der Waals surface area contributed by atoms with Crippen LogP contribution in [-0.2, 0) is 39.1 Å². The summed E-state index contributed by atoms with van der Waals surface area (Å²) in [7, 11) is 0. The van der Waals surface area contributed by atoms with E-state index in [2.05, 4.69) is 78.5 Å². The summed E-state index contributed by atoms with van der Waals surface area (Å²) >= 11 is 0. The van der Waals surface area contributed by atoms with E-state index < -0.39 is 0 Å². The van der Waals surface area contributed by atoms with Gasteiger partial charge in [-0.1, -0.05) is 46.5 Å². The Morgan fingerprint density at radius 1 is 0.800 bits per heavy atom. The minimum absolute atomic E-state index is 0. The summed E-state index contributed by atoms with van der Waals surface area (Å²) in [4.78, 5) is 2.72. The second-order valence-electron chi connectivity index (χ2n) is 9.70. The summed E-state index contributed by atoms with van der Waals surface area (Å²) in [6.07, 6.45) is 6.44. The van der Waals surface area contributed by atoms with Crippen LogP contribution in [0.3, 0.4) is 0 Å². The molecule has 0 amide bonds. The summed E-state index contributed by atoms with van der Waals surface area (Å²) in [6, 6.07) is 11.5. The van der Waals surface area contributed by atoms with Gasteiger partial charge in [-0.3, -0.25) is 4.90 Å². The zero-order valence-electron chi connectivity index (χ0n) is 18.1. The molecule has 2 heteroatoms. The molecule has 0 unspecified atom stereocenters. The Labute approximate surface area is 183 Å². The first-order valence-corrected chi connectivity index (χ1v) is 9.69. The van der Waals surface area contributed by atoms with Crippen molar-refractivity contribution in [2.45, 2.75) is 98.6 Å². The van der Waals surface area contributed by atoms with Gasteiger partial charge in [-0.15, -0.1) is 0 Å². The molecule has 0 saturated heterocycles.